The fourth-order valence-corrected chi connectivity index (χ4v) is 1.68. The maximum absolute atomic E-state index is 5.77. The second kappa shape index (κ2) is 10.5. The predicted octanol–water partition coefficient (Wildman–Crippen LogP) is 2.40. The molecule has 4 heteroatoms. The van der Waals surface area contributed by atoms with Gasteiger partial charge in [-0.1, -0.05) is 25.5 Å². The maximum atomic E-state index is 5.77. The molecular formula is C16H28N2O2. The summed E-state index contributed by atoms with van der Waals surface area (Å²) in [5.74, 6) is 1.67. The van der Waals surface area contributed by atoms with Crippen LogP contribution < -0.4 is 14.8 Å². The van der Waals surface area contributed by atoms with Crippen molar-refractivity contribution in [3.63, 3.8) is 0 Å². The van der Waals surface area contributed by atoms with Crippen LogP contribution in [0, 0.1) is 0 Å². The van der Waals surface area contributed by atoms with Crippen LogP contribution in [0.1, 0.15) is 19.8 Å². The van der Waals surface area contributed by atoms with Crippen molar-refractivity contribution in [2.24, 2.45) is 0 Å². The van der Waals surface area contributed by atoms with Crippen molar-refractivity contribution in [3.8, 4) is 11.5 Å². The molecule has 0 atom stereocenters. The van der Waals surface area contributed by atoms with E-state index in [-0.39, 0.29) is 0 Å². The molecule has 4 nitrogen and oxygen atoms in total. The number of hydrogen-bond donors (Lipinski definition) is 1. The number of nitrogens with one attached hydrogen (secondary N) is 1. The van der Waals surface area contributed by atoms with Crippen molar-refractivity contribution in [1.29, 1.82) is 0 Å². The average Bonchev–Trinajstić information content (AvgIpc) is 2.44. The zero-order valence-electron chi connectivity index (χ0n) is 13.0. The van der Waals surface area contributed by atoms with Crippen LogP contribution in [-0.2, 0) is 0 Å². The number of hydrogen-bond acceptors (Lipinski definition) is 4. The molecule has 0 aliphatic heterocycles. The highest BCUT2D eigenvalue weighted by molar-refractivity contribution is 5.39. The van der Waals surface area contributed by atoms with Crippen LogP contribution in [-0.4, -0.2) is 51.8 Å². The van der Waals surface area contributed by atoms with E-state index in [4.69, 9.17) is 9.47 Å². The first kappa shape index (κ1) is 16.8. The van der Waals surface area contributed by atoms with Gasteiger partial charge in [0.2, 0.25) is 0 Å². The smallest absolute Gasteiger partial charge is 0.161 e. The molecule has 1 rings (SSSR count). The van der Waals surface area contributed by atoms with Crippen LogP contribution in [0.25, 0.3) is 0 Å². The summed E-state index contributed by atoms with van der Waals surface area (Å²) in [6.07, 6.45) is 2.21. The van der Waals surface area contributed by atoms with Gasteiger partial charge in [-0.05, 0) is 32.6 Å². The van der Waals surface area contributed by atoms with Crippen molar-refractivity contribution in [2.45, 2.75) is 19.8 Å². The summed E-state index contributed by atoms with van der Waals surface area (Å²) < 4.78 is 11.5. The van der Waals surface area contributed by atoms with Crippen molar-refractivity contribution in [1.82, 2.24) is 10.2 Å². The zero-order valence-corrected chi connectivity index (χ0v) is 13.0. The normalized spacial score (nSPS) is 10.8. The highest BCUT2D eigenvalue weighted by Crippen LogP contribution is 2.26. The molecule has 1 N–H and O–H groups in total. The molecule has 1 aromatic carbocycles. The minimum absolute atomic E-state index is 0.654. The minimum atomic E-state index is 0.654. The number of para-hydroxylation sites is 2. The van der Waals surface area contributed by atoms with Gasteiger partial charge >= 0.3 is 0 Å². The summed E-state index contributed by atoms with van der Waals surface area (Å²) in [6, 6.07) is 7.87. The quantitative estimate of drug-likeness (QED) is 0.631. The van der Waals surface area contributed by atoms with Gasteiger partial charge in [-0.15, -0.1) is 0 Å². The highest BCUT2D eigenvalue weighted by Gasteiger charge is 2.03. The summed E-state index contributed by atoms with van der Waals surface area (Å²) in [4.78, 5) is 2.16. The molecule has 0 bridgehead atoms. The number of likely N-dealkylation sites (N-methyl/N-ethyl adjacent to an activating group) is 1. The Balaban J connectivity index is 2.25. The first-order valence-corrected chi connectivity index (χ1v) is 7.44. The number of rotatable bonds is 11. The topological polar surface area (TPSA) is 33.7 Å². The number of nitrogens with zero attached hydrogens (tertiary/aromatic N) is 1. The van der Waals surface area contributed by atoms with Crippen molar-refractivity contribution >= 4 is 0 Å². The Morgan fingerprint density at radius 3 is 2.25 bits per heavy atom. The molecular weight excluding hydrogens is 252 g/mol. The first-order chi connectivity index (χ1) is 9.74. The van der Waals surface area contributed by atoms with Gasteiger partial charge in [-0.25, -0.2) is 0 Å². The van der Waals surface area contributed by atoms with Gasteiger partial charge in [0.25, 0.3) is 0 Å². The molecule has 0 saturated carbocycles. The third kappa shape index (κ3) is 7.36. The third-order valence-corrected chi connectivity index (χ3v) is 2.88. The average molecular weight is 280 g/mol. The van der Waals surface area contributed by atoms with E-state index in [1.807, 2.05) is 24.3 Å². The second-order valence-corrected chi connectivity index (χ2v) is 5.05. The molecule has 0 aliphatic carbocycles. The molecule has 0 aliphatic rings. The van der Waals surface area contributed by atoms with Gasteiger partial charge in [-0.2, -0.15) is 0 Å². The van der Waals surface area contributed by atoms with E-state index in [2.05, 4.69) is 31.2 Å². The summed E-state index contributed by atoms with van der Waals surface area (Å²) in [6.45, 7) is 6.42. The molecule has 1 aromatic rings. The van der Waals surface area contributed by atoms with E-state index in [1.165, 1.54) is 0 Å². The summed E-state index contributed by atoms with van der Waals surface area (Å²) in [5.41, 5.74) is 0. The van der Waals surface area contributed by atoms with Crippen molar-refractivity contribution in [3.05, 3.63) is 24.3 Å². The van der Waals surface area contributed by atoms with Gasteiger partial charge in [-0.3, -0.25) is 0 Å². The Morgan fingerprint density at radius 1 is 1.00 bits per heavy atom. The number of benzene rings is 1. The molecule has 0 heterocycles. The summed E-state index contributed by atoms with van der Waals surface area (Å²) >= 11 is 0. The van der Waals surface area contributed by atoms with Crippen LogP contribution in [0.15, 0.2) is 24.3 Å². The van der Waals surface area contributed by atoms with Crippen LogP contribution in [0.3, 0.4) is 0 Å². The van der Waals surface area contributed by atoms with Crippen molar-refractivity contribution < 1.29 is 9.47 Å². The minimum Gasteiger partial charge on any atom is -0.490 e. The molecule has 0 radical (unpaired) electrons. The lowest BCUT2D eigenvalue weighted by Crippen LogP contribution is -2.29. The van der Waals surface area contributed by atoms with E-state index in [0.29, 0.717) is 6.61 Å². The fraction of sp³-hybridized carbons (Fsp3) is 0.625. The fourth-order valence-electron chi connectivity index (χ4n) is 1.68. The Bertz CT molecular complexity index is 356. The molecule has 0 amide bonds. The van der Waals surface area contributed by atoms with Gasteiger partial charge in [0.05, 0.1) is 6.61 Å². The van der Waals surface area contributed by atoms with Gasteiger partial charge in [0.15, 0.2) is 11.5 Å². The van der Waals surface area contributed by atoms with Gasteiger partial charge in [0, 0.05) is 19.6 Å². The van der Waals surface area contributed by atoms with Gasteiger partial charge < -0.3 is 19.7 Å². The molecule has 0 fully saturated rings. The molecule has 0 aromatic heterocycles. The zero-order chi connectivity index (χ0) is 14.6. The number of unbranched alkanes of at least 4 members (excludes halogenated alkanes) is 1. The van der Waals surface area contributed by atoms with E-state index in [9.17, 15) is 0 Å². The number of ether oxygens (including phenoxy) is 2. The maximum Gasteiger partial charge on any atom is 0.161 e. The van der Waals surface area contributed by atoms with Crippen LogP contribution >= 0.6 is 0 Å². The van der Waals surface area contributed by atoms with E-state index in [0.717, 1.165) is 50.6 Å². The molecule has 0 spiro atoms. The SMILES string of the molecule is CCCCOc1ccccc1OCCNCCN(C)C. The Kier molecular flexibility index (Phi) is 8.83. The Morgan fingerprint density at radius 2 is 1.65 bits per heavy atom. The molecule has 0 unspecified atom stereocenters. The standard InChI is InChI=1S/C16H28N2O2/c1-4-5-13-19-15-8-6-7-9-16(15)20-14-11-17-10-12-18(2)3/h6-9,17H,4-5,10-14H2,1-3H3. The van der Waals surface area contributed by atoms with E-state index < -0.39 is 0 Å². The Hall–Kier alpha value is -1.26. The lowest BCUT2D eigenvalue weighted by atomic mass is 10.3. The summed E-state index contributed by atoms with van der Waals surface area (Å²) in [5, 5.41) is 3.35. The molecule has 20 heavy (non-hydrogen) atoms. The Labute approximate surface area is 123 Å². The van der Waals surface area contributed by atoms with Gasteiger partial charge in [0.1, 0.15) is 6.61 Å². The van der Waals surface area contributed by atoms with E-state index >= 15 is 0 Å². The second-order valence-electron chi connectivity index (χ2n) is 5.05. The van der Waals surface area contributed by atoms with Crippen molar-refractivity contribution in [2.75, 3.05) is 46.9 Å². The van der Waals surface area contributed by atoms with E-state index in [1.54, 1.807) is 0 Å². The van der Waals surface area contributed by atoms with Crippen LogP contribution in [0.5, 0.6) is 11.5 Å². The predicted molar refractivity (Wildman–Crippen MR) is 83.8 cm³/mol. The lowest BCUT2D eigenvalue weighted by molar-refractivity contribution is 0.263. The lowest BCUT2D eigenvalue weighted by Gasteiger charge is -2.13. The largest absolute Gasteiger partial charge is 0.490 e. The monoisotopic (exact) mass is 280 g/mol. The molecule has 114 valence electrons. The highest BCUT2D eigenvalue weighted by atomic mass is 16.5. The van der Waals surface area contributed by atoms with Crippen LogP contribution in [0.2, 0.25) is 0 Å². The van der Waals surface area contributed by atoms with Crippen LogP contribution in [0.4, 0.5) is 0 Å². The third-order valence-electron chi connectivity index (χ3n) is 2.88. The summed E-state index contributed by atoms with van der Waals surface area (Å²) in [7, 11) is 4.14. The first-order valence-electron chi connectivity index (χ1n) is 7.44. The molecule has 0 saturated heterocycles.